The molecule has 1 fully saturated rings. The van der Waals surface area contributed by atoms with Gasteiger partial charge in [0.15, 0.2) is 0 Å². The number of hydrogen-bond acceptors (Lipinski definition) is 5. The molecule has 0 amide bonds. The molecule has 2 aliphatic rings. The van der Waals surface area contributed by atoms with Crippen LogP contribution in [0.15, 0.2) is 12.5 Å². The Labute approximate surface area is 143 Å². The van der Waals surface area contributed by atoms with Crippen LogP contribution in [-0.2, 0) is 26.4 Å². The quantitative estimate of drug-likeness (QED) is 0.932. The molecule has 6 nitrogen and oxygen atoms in total. The fourth-order valence-electron chi connectivity index (χ4n) is 4.04. The summed E-state index contributed by atoms with van der Waals surface area (Å²) in [6.45, 7) is 5.31. The molecule has 0 spiro atoms. The predicted molar refractivity (Wildman–Crippen MR) is 93.9 cm³/mol. The van der Waals surface area contributed by atoms with Crippen LogP contribution in [0, 0.1) is 6.92 Å². The van der Waals surface area contributed by atoms with E-state index in [4.69, 9.17) is 0 Å². The highest BCUT2D eigenvalue weighted by Crippen LogP contribution is 2.27. The summed E-state index contributed by atoms with van der Waals surface area (Å²) < 4.78 is 1.91. The Morgan fingerprint density at radius 2 is 2.17 bits per heavy atom. The molecule has 128 valence electrons. The molecular formula is C18H26N6. The molecule has 0 saturated carbocycles. The van der Waals surface area contributed by atoms with Crippen LogP contribution in [0.1, 0.15) is 41.8 Å². The molecule has 2 aromatic heterocycles. The summed E-state index contributed by atoms with van der Waals surface area (Å²) in [6.07, 6.45) is 9.72. The smallest absolute Gasteiger partial charge is 0.133 e. The van der Waals surface area contributed by atoms with Crippen molar-refractivity contribution in [1.29, 1.82) is 0 Å². The lowest BCUT2D eigenvalue weighted by atomic mass is 10.0. The zero-order valence-electron chi connectivity index (χ0n) is 14.6. The standard InChI is InChI=1S/C18H26N6/c1-13-14(9-23(2)22-13)10-24-8-4-5-15(11-24)21-18-16-6-3-7-17(16)19-12-20-18/h9,12,15H,3-8,10-11H2,1-2H3,(H,19,20,21). The molecule has 0 radical (unpaired) electrons. The Bertz CT molecular complexity index is 722. The average Bonchev–Trinajstić information content (AvgIpc) is 3.15. The third kappa shape index (κ3) is 3.15. The van der Waals surface area contributed by atoms with E-state index in [0.717, 1.165) is 44.0 Å². The van der Waals surface area contributed by atoms with Gasteiger partial charge in [-0.2, -0.15) is 5.10 Å². The van der Waals surface area contributed by atoms with E-state index >= 15 is 0 Å². The van der Waals surface area contributed by atoms with Crippen LogP contribution >= 0.6 is 0 Å². The molecule has 1 aliphatic heterocycles. The largest absolute Gasteiger partial charge is 0.366 e. The van der Waals surface area contributed by atoms with E-state index in [2.05, 4.69) is 38.4 Å². The van der Waals surface area contributed by atoms with Crippen molar-refractivity contribution in [2.24, 2.45) is 7.05 Å². The van der Waals surface area contributed by atoms with Crippen molar-refractivity contribution in [2.75, 3.05) is 18.4 Å². The van der Waals surface area contributed by atoms with E-state index in [9.17, 15) is 0 Å². The molecule has 2 aromatic rings. The van der Waals surface area contributed by atoms with Crippen molar-refractivity contribution in [2.45, 2.75) is 51.6 Å². The summed E-state index contributed by atoms with van der Waals surface area (Å²) in [5, 5.41) is 8.16. The van der Waals surface area contributed by atoms with Gasteiger partial charge in [-0.3, -0.25) is 9.58 Å². The van der Waals surface area contributed by atoms with Crippen LogP contribution in [0.2, 0.25) is 0 Å². The fourth-order valence-corrected chi connectivity index (χ4v) is 4.04. The molecular weight excluding hydrogens is 300 g/mol. The topological polar surface area (TPSA) is 58.9 Å². The van der Waals surface area contributed by atoms with Gasteiger partial charge in [0.1, 0.15) is 12.1 Å². The van der Waals surface area contributed by atoms with Gasteiger partial charge in [-0.05, 0) is 45.6 Å². The number of fused-ring (bicyclic) bond motifs is 1. The van der Waals surface area contributed by atoms with E-state index in [-0.39, 0.29) is 0 Å². The van der Waals surface area contributed by atoms with E-state index in [1.165, 1.54) is 36.1 Å². The second kappa shape index (κ2) is 6.51. The van der Waals surface area contributed by atoms with E-state index in [1.54, 1.807) is 6.33 Å². The van der Waals surface area contributed by atoms with Crippen molar-refractivity contribution in [3.05, 3.63) is 35.0 Å². The first kappa shape index (κ1) is 15.6. The van der Waals surface area contributed by atoms with E-state index in [1.807, 2.05) is 11.7 Å². The van der Waals surface area contributed by atoms with Gasteiger partial charge in [0, 0.05) is 49.2 Å². The third-order valence-electron chi connectivity index (χ3n) is 5.23. The van der Waals surface area contributed by atoms with Gasteiger partial charge in [-0.25, -0.2) is 9.97 Å². The molecule has 3 heterocycles. The van der Waals surface area contributed by atoms with Gasteiger partial charge < -0.3 is 5.32 Å². The van der Waals surface area contributed by atoms with Crippen molar-refractivity contribution in [3.63, 3.8) is 0 Å². The molecule has 1 unspecified atom stereocenters. The lowest BCUT2D eigenvalue weighted by molar-refractivity contribution is 0.208. The first-order valence-corrected chi connectivity index (χ1v) is 9.00. The fraction of sp³-hybridized carbons (Fsp3) is 0.611. The molecule has 1 atom stereocenters. The minimum atomic E-state index is 0.468. The molecule has 1 aliphatic carbocycles. The number of aromatic nitrogens is 4. The maximum atomic E-state index is 4.52. The van der Waals surface area contributed by atoms with Gasteiger partial charge in [0.05, 0.1) is 5.69 Å². The predicted octanol–water partition coefficient (Wildman–Crippen LogP) is 2.08. The second-order valence-electron chi connectivity index (χ2n) is 7.13. The summed E-state index contributed by atoms with van der Waals surface area (Å²) in [5.74, 6) is 1.07. The second-order valence-corrected chi connectivity index (χ2v) is 7.13. The van der Waals surface area contributed by atoms with Crippen LogP contribution in [0.4, 0.5) is 5.82 Å². The number of aryl methyl sites for hydroxylation is 3. The Balaban J connectivity index is 1.42. The van der Waals surface area contributed by atoms with Crippen LogP contribution in [-0.4, -0.2) is 43.8 Å². The summed E-state index contributed by atoms with van der Waals surface area (Å²) in [4.78, 5) is 11.5. The number of anilines is 1. The van der Waals surface area contributed by atoms with Gasteiger partial charge in [-0.15, -0.1) is 0 Å². The molecule has 0 aromatic carbocycles. The number of hydrogen-bond donors (Lipinski definition) is 1. The highest BCUT2D eigenvalue weighted by Gasteiger charge is 2.24. The normalized spacial score (nSPS) is 21.0. The van der Waals surface area contributed by atoms with Gasteiger partial charge in [0.2, 0.25) is 0 Å². The highest BCUT2D eigenvalue weighted by atomic mass is 15.3. The number of rotatable bonds is 4. The van der Waals surface area contributed by atoms with Gasteiger partial charge in [-0.1, -0.05) is 0 Å². The van der Waals surface area contributed by atoms with Crippen LogP contribution < -0.4 is 5.32 Å². The maximum absolute atomic E-state index is 4.52. The van der Waals surface area contributed by atoms with E-state index in [0.29, 0.717) is 6.04 Å². The zero-order valence-corrected chi connectivity index (χ0v) is 14.6. The lowest BCUT2D eigenvalue weighted by Gasteiger charge is -2.33. The zero-order chi connectivity index (χ0) is 16.5. The first-order valence-electron chi connectivity index (χ1n) is 9.00. The molecule has 4 rings (SSSR count). The number of likely N-dealkylation sites (tertiary alicyclic amines) is 1. The third-order valence-corrected chi connectivity index (χ3v) is 5.23. The summed E-state index contributed by atoms with van der Waals surface area (Å²) in [7, 11) is 1.99. The SMILES string of the molecule is Cc1nn(C)cc1CN1CCCC(Nc2ncnc3c2CCC3)C1. The van der Waals surface area contributed by atoms with Crippen LogP contribution in [0.5, 0.6) is 0 Å². The molecule has 24 heavy (non-hydrogen) atoms. The van der Waals surface area contributed by atoms with Gasteiger partial charge >= 0.3 is 0 Å². The molecule has 6 heteroatoms. The highest BCUT2D eigenvalue weighted by molar-refractivity contribution is 5.48. The first-order chi connectivity index (χ1) is 11.7. The Hall–Kier alpha value is -1.95. The van der Waals surface area contributed by atoms with Crippen molar-refractivity contribution < 1.29 is 0 Å². The summed E-state index contributed by atoms with van der Waals surface area (Å²) in [5.41, 5.74) is 5.06. The van der Waals surface area contributed by atoms with Crippen molar-refractivity contribution in [3.8, 4) is 0 Å². The Morgan fingerprint density at radius 1 is 1.25 bits per heavy atom. The van der Waals surface area contributed by atoms with Crippen LogP contribution in [0.3, 0.4) is 0 Å². The minimum absolute atomic E-state index is 0.468. The number of nitrogens with one attached hydrogen (secondary N) is 1. The number of nitrogens with zero attached hydrogens (tertiary/aromatic N) is 5. The van der Waals surface area contributed by atoms with Crippen LogP contribution in [0.25, 0.3) is 0 Å². The summed E-state index contributed by atoms with van der Waals surface area (Å²) in [6, 6.07) is 0.468. The monoisotopic (exact) mass is 326 g/mol. The molecule has 0 bridgehead atoms. The van der Waals surface area contributed by atoms with Crippen molar-refractivity contribution in [1.82, 2.24) is 24.6 Å². The van der Waals surface area contributed by atoms with Gasteiger partial charge in [0.25, 0.3) is 0 Å². The maximum Gasteiger partial charge on any atom is 0.133 e. The van der Waals surface area contributed by atoms with Crippen molar-refractivity contribution >= 4 is 5.82 Å². The Kier molecular flexibility index (Phi) is 4.22. The van der Waals surface area contributed by atoms with E-state index < -0.39 is 0 Å². The average molecular weight is 326 g/mol. The summed E-state index contributed by atoms with van der Waals surface area (Å²) >= 11 is 0. The molecule has 1 N–H and O–H groups in total. The number of piperidine rings is 1. The Morgan fingerprint density at radius 3 is 3.00 bits per heavy atom. The lowest BCUT2D eigenvalue weighted by Crippen LogP contribution is -2.42. The minimum Gasteiger partial charge on any atom is -0.366 e. The molecule has 1 saturated heterocycles.